The van der Waals surface area contributed by atoms with Gasteiger partial charge in [-0.1, -0.05) is 6.92 Å². The SMILES string of the molecule is CCC(C)(C)C(=O)OC1C2CC3OC(=O)C(C#N)(C2)C31. The van der Waals surface area contributed by atoms with Crippen molar-refractivity contribution in [1.29, 1.82) is 5.26 Å². The molecule has 0 radical (unpaired) electrons. The van der Waals surface area contributed by atoms with Gasteiger partial charge < -0.3 is 9.47 Å². The molecular weight excluding hydrogens is 258 g/mol. The van der Waals surface area contributed by atoms with Crippen LogP contribution < -0.4 is 0 Å². The van der Waals surface area contributed by atoms with Gasteiger partial charge in [0.15, 0.2) is 5.41 Å². The number of carbonyl (C=O) groups excluding carboxylic acids is 2. The molecule has 1 heterocycles. The molecule has 0 aromatic heterocycles. The summed E-state index contributed by atoms with van der Waals surface area (Å²) in [4.78, 5) is 24.2. The number of hydrogen-bond donors (Lipinski definition) is 0. The van der Waals surface area contributed by atoms with E-state index in [1.807, 2.05) is 20.8 Å². The molecule has 0 aromatic rings. The fraction of sp³-hybridized carbons (Fsp3) is 0.800. The van der Waals surface area contributed by atoms with E-state index in [2.05, 4.69) is 6.07 Å². The molecule has 3 fully saturated rings. The monoisotopic (exact) mass is 277 g/mol. The summed E-state index contributed by atoms with van der Waals surface area (Å²) in [6.45, 7) is 5.64. The van der Waals surface area contributed by atoms with Gasteiger partial charge >= 0.3 is 11.9 Å². The van der Waals surface area contributed by atoms with Crippen LogP contribution in [0.15, 0.2) is 0 Å². The van der Waals surface area contributed by atoms with Gasteiger partial charge in [0.2, 0.25) is 0 Å². The number of hydrogen-bond acceptors (Lipinski definition) is 5. The molecule has 1 saturated heterocycles. The summed E-state index contributed by atoms with van der Waals surface area (Å²) < 4.78 is 11.0. The molecule has 108 valence electrons. The quantitative estimate of drug-likeness (QED) is 0.735. The third-order valence-corrected chi connectivity index (χ3v) is 5.41. The highest BCUT2D eigenvalue weighted by molar-refractivity contribution is 5.85. The predicted octanol–water partition coefficient (Wildman–Crippen LogP) is 1.81. The van der Waals surface area contributed by atoms with Crippen molar-refractivity contribution < 1.29 is 19.1 Å². The first-order chi connectivity index (χ1) is 9.35. The lowest BCUT2D eigenvalue weighted by Gasteiger charge is -2.25. The standard InChI is InChI=1S/C15H19NO4/c1-4-14(2,3)12(17)20-11-8-5-9-10(11)15(6-8,7-16)13(18)19-9/h8-11H,4-6H2,1-3H3. The van der Waals surface area contributed by atoms with Crippen LogP contribution in [0.4, 0.5) is 0 Å². The molecule has 3 aliphatic rings. The maximum atomic E-state index is 12.2. The minimum atomic E-state index is -1.07. The van der Waals surface area contributed by atoms with Crippen LogP contribution in [0.1, 0.15) is 40.0 Å². The molecule has 3 rings (SSSR count). The molecule has 5 nitrogen and oxygen atoms in total. The molecule has 20 heavy (non-hydrogen) atoms. The summed E-state index contributed by atoms with van der Waals surface area (Å²) in [6, 6.07) is 2.14. The van der Waals surface area contributed by atoms with Crippen molar-refractivity contribution in [2.24, 2.45) is 22.7 Å². The molecule has 1 aliphatic heterocycles. The van der Waals surface area contributed by atoms with E-state index in [1.54, 1.807) is 0 Å². The number of nitriles is 1. The smallest absolute Gasteiger partial charge is 0.327 e. The van der Waals surface area contributed by atoms with Gasteiger partial charge in [-0.2, -0.15) is 5.26 Å². The number of fused-ring (bicyclic) bond motifs is 1. The van der Waals surface area contributed by atoms with Crippen LogP contribution in [-0.2, 0) is 19.1 Å². The topological polar surface area (TPSA) is 76.4 Å². The predicted molar refractivity (Wildman–Crippen MR) is 68.1 cm³/mol. The fourth-order valence-electron chi connectivity index (χ4n) is 3.78. The molecule has 2 bridgehead atoms. The molecule has 0 amide bonds. The van der Waals surface area contributed by atoms with E-state index in [0.717, 1.165) is 0 Å². The van der Waals surface area contributed by atoms with Crippen molar-refractivity contribution >= 4 is 11.9 Å². The van der Waals surface area contributed by atoms with Gasteiger partial charge in [-0.05, 0) is 33.1 Å². The minimum absolute atomic E-state index is 0.0766. The van der Waals surface area contributed by atoms with Crippen LogP contribution in [0.3, 0.4) is 0 Å². The van der Waals surface area contributed by atoms with E-state index >= 15 is 0 Å². The van der Waals surface area contributed by atoms with Crippen LogP contribution in [-0.4, -0.2) is 24.1 Å². The van der Waals surface area contributed by atoms with Gasteiger partial charge in [0.1, 0.15) is 12.2 Å². The van der Waals surface area contributed by atoms with E-state index in [1.165, 1.54) is 0 Å². The lowest BCUT2D eigenvalue weighted by Crippen LogP contribution is -2.36. The van der Waals surface area contributed by atoms with Crippen molar-refractivity contribution in [2.75, 3.05) is 0 Å². The maximum absolute atomic E-state index is 12.2. The van der Waals surface area contributed by atoms with Gasteiger partial charge in [0.25, 0.3) is 0 Å². The number of nitrogens with zero attached hydrogens (tertiary/aromatic N) is 1. The zero-order valence-electron chi connectivity index (χ0n) is 12.0. The van der Waals surface area contributed by atoms with Crippen LogP contribution >= 0.6 is 0 Å². The zero-order valence-corrected chi connectivity index (χ0v) is 12.0. The third-order valence-electron chi connectivity index (χ3n) is 5.41. The van der Waals surface area contributed by atoms with Crippen molar-refractivity contribution in [1.82, 2.24) is 0 Å². The van der Waals surface area contributed by atoms with Gasteiger partial charge in [-0.3, -0.25) is 9.59 Å². The molecule has 5 unspecified atom stereocenters. The highest BCUT2D eigenvalue weighted by Crippen LogP contribution is 2.62. The molecule has 0 spiro atoms. The summed E-state index contributed by atoms with van der Waals surface area (Å²) in [5.41, 5.74) is -1.61. The van der Waals surface area contributed by atoms with Crippen LogP contribution in [0, 0.1) is 34.0 Å². The third kappa shape index (κ3) is 1.48. The first kappa shape index (κ1) is 13.4. The lowest BCUT2D eigenvalue weighted by atomic mass is 9.75. The summed E-state index contributed by atoms with van der Waals surface area (Å²) in [7, 11) is 0. The first-order valence-electron chi connectivity index (χ1n) is 7.19. The van der Waals surface area contributed by atoms with Crippen molar-refractivity contribution in [3.05, 3.63) is 0 Å². The normalized spacial score (nSPS) is 41.4. The Morgan fingerprint density at radius 2 is 2.30 bits per heavy atom. The van der Waals surface area contributed by atoms with Crippen molar-refractivity contribution in [2.45, 2.75) is 52.2 Å². The summed E-state index contributed by atoms with van der Waals surface area (Å²) in [6.07, 6.45) is 1.28. The van der Waals surface area contributed by atoms with E-state index in [0.29, 0.717) is 19.3 Å². The second-order valence-electron chi connectivity index (χ2n) is 6.86. The van der Waals surface area contributed by atoms with Crippen molar-refractivity contribution in [3.8, 4) is 6.07 Å². The number of rotatable bonds is 3. The van der Waals surface area contributed by atoms with Gasteiger partial charge in [0.05, 0.1) is 17.4 Å². The molecule has 2 aliphatic carbocycles. The van der Waals surface area contributed by atoms with E-state index in [4.69, 9.17) is 9.47 Å². The Kier molecular flexibility index (Phi) is 2.66. The summed E-state index contributed by atoms with van der Waals surface area (Å²) >= 11 is 0. The Labute approximate surface area is 118 Å². The Morgan fingerprint density at radius 1 is 1.60 bits per heavy atom. The fourth-order valence-corrected chi connectivity index (χ4v) is 3.78. The molecular formula is C15H19NO4. The minimum Gasteiger partial charge on any atom is -0.461 e. The number of carbonyl (C=O) groups is 2. The Hall–Kier alpha value is -1.57. The summed E-state index contributed by atoms with van der Waals surface area (Å²) in [5, 5.41) is 9.40. The van der Waals surface area contributed by atoms with Crippen molar-refractivity contribution in [3.63, 3.8) is 0 Å². The lowest BCUT2D eigenvalue weighted by molar-refractivity contribution is -0.162. The van der Waals surface area contributed by atoms with Crippen LogP contribution in [0.5, 0.6) is 0 Å². The summed E-state index contributed by atoms with van der Waals surface area (Å²) in [5.74, 6) is -0.871. The van der Waals surface area contributed by atoms with E-state index < -0.39 is 16.8 Å². The highest BCUT2D eigenvalue weighted by atomic mass is 16.6. The van der Waals surface area contributed by atoms with Crippen LogP contribution in [0.25, 0.3) is 0 Å². The molecule has 5 atom stereocenters. The first-order valence-corrected chi connectivity index (χ1v) is 7.19. The number of esters is 2. The van der Waals surface area contributed by atoms with Crippen LogP contribution in [0.2, 0.25) is 0 Å². The highest BCUT2D eigenvalue weighted by Gasteiger charge is 2.73. The molecule has 2 saturated carbocycles. The van der Waals surface area contributed by atoms with Gasteiger partial charge in [-0.25, -0.2) is 0 Å². The average Bonchev–Trinajstić information content (AvgIpc) is 2.95. The second kappa shape index (κ2) is 3.97. The van der Waals surface area contributed by atoms with E-state index in [9.17, 15) is 14.9 Å². The Balaban J connectivity index is 1.84. The zero-order chi connectivity index (χ0) is 14.7. The van der Waals surface area contributed by atoms with Gasteiger partial charge in [-0.15, -0.1) is 0 Å². The number of ether oxygens (including phenoxy) is 2. The van der Waals surface area contributed by atoms with Gasteiger partial charge in [0, 0.05) is 5.92 Å². The van der Waals surface area contributed by atoms with E-state index in [-0.39, 0.29) is 30.0 Å². The Morgan fingerprint density at radius 3 is 2.90 bits per heavy atom. The average molecular weight is 277 g/mol. The Bertz CT molecular complexity index is 520. The maximum Gasteiger partial charge on any atom is 0.327 e. The molecule has 5 heteroatoms. The molecule has 0 aromatic carbocycles. The largest absolute Gasteiger partial charge is 0.461 e. The second-order valence-corrected chi connectivity index (χ2v) is 6.86. The molecule has 0 N–H and O–H groups in total.